The highest BCUT2D eigenvalue weighted by Gasteiger charge is 2.25. The van der Waals surface area contributed by atoms with Crippen molar-refractivity contribution in [3.8, 4) is 11.8 Å². The first kappa shape index (κ1) is 27.6. The largest absolute Gasteiger partial charge is 0.489 e. The number of piperazine rings is 1. The Morgan fingerprint density at radius 1 is 1.07 bits per heavy atom. The molecule has 2 fully saturated rings. The van der Waals surface area contributed by atoms with Gasteiger partial charge in [-0.15, -0.1) is 0 Å². The molecule has 0 aliphatic carbocycles. The number of hydrogen-bond acceptors (Lipinski definition) is 7. The molecular weight excluding hydrogens is 544 g/mol. The Bertz CT molecular complexity index is 1670. The Morgan fingerprint density at radius 3 is 2.57 bits per heavy atom. The second kappa shape index (κ2) is 11.8. The van der Waals surface area contributed by atoms with Crippen LogP contribution < -0.4 is 9.64 Å². The van der Waals surface area contributed by atoms with Crippen molar-refractivity contribution in [2.24, 2.45) is 0 Å². The van der Waals surface area contributed by atoms with Gasteiger partial charge in [-0.2, -0.15) is 5.26 Å². The number of aromatic nitrogens is 2. The van der Waals surface area contributed by atoms with Gasteiger partial charge in [0.2, 0.25) is 0 Å². The van der Waals surface area contributed by atoms with E-state index in [1.165, 1.54) is 24.3 Å². The van der Waals surface area contributed by atoms with E-state index in [-0.39, 0.29) is 29.7 Å². The summed E-state index contributed by atoms with van der Waals surface area (Å²) < 4.78 is 42.6. The van der Waals surface area contributed by atoms with Crippen LogP contribution in [0.3, 0.4) is 0 Å². The maximum Gasteiger partial charge on any atom is 0.335 e. The summed E-state index contributed by atoms with van der Waals surface area (Å²) in [5, 5.41) is 18.4. The number of anilines is 1. The van der Waals surface area contributed by atoms with Crippen LogP contribution >= 0.6 is 0 Å². The summed E-state index contributed by atoms with van der Waals surface area (Å²) in [5.41, 5.74) is 2.70. The predicted molar refractivity (Wildman–Crippen MR) is 150 cm³/mol. The second-order valence-electron chi connectivity index (χ2n) is 10.5. The van der Waals surface area contributed by atoms with E-state index < -0.39 is 11.8 Å². The van der Waals surface area contributed by atoms with Crippen LogP contribution in [0.25, 0.3) is 11.0 Å². The molecule has 11 heteroatoms. The normalized spacial score (nSPS) is 17.2. The van der Waals surface area contributed by atoms with E-state index in [1.54, 1.807) is 24.3 Å². The molecule has 2 saturated heterocycles. The summed E-state index contributed by atoms with van der Waals surface area (Å²) in [6.45, 7) is 4.37. The standard InChI is InChI=1S/C31H29F2N5O4/c32-25-5-4-23(42-19-22-2-1-20(16-34)13-26(22)33)15-28(25)37-10-8-36(9-11-37)18-30-35-27-6-3-21(31(39)40)14-29(27)38(30)17-24-7-12-41-24/h1-6,13-15,24H,7-12,17-19H2,(H,39,40)/t24-/m0/s1. The summed E-state index contributed by atoms with van der Waals surface area (Å²) in [4.78, 5) is 20.6. The number of imidazole rings is 1. The summed E-state index contributed by atoms with van der Waals surface area (Å²) in [7, 11) is 0. The topological polar surface area (TPSA) is 104 Å². The lowest BCUT2D eigenvalue weighted by molar-refractivity contribution is -0.0592. The van der Waals surface area contributed by atoms with E-state index in [4.69, 9.17) is 19.7 Å². The third kappa shape index (κ3) is 5.77. The average Bonchev–Trinajstić information content (AvgIpc) is 3.31. The molecule has 0 radical (unpaired) electrons. The molecule has 3 heterocycles. The maximum absolute atomic E-state index is 14.9. The van der Waals surface area contributed by atoms with Gasteiger partial charge >= 0.3 is 5.97 Å². The number of carbonyl (C=O) groups is 1. The van der Waals surface area contributed by atoms with Crippen molar-refractivity contribution in [3.63, 3.8) is 0 Å². The number of carboxylic acids is 1. The van der Waals surface area contributed by atoms with E-state index in [0.717, 1.165) is 36.0 Å². The number of fused-ring (bicyclic) bond motifs is 1. The molecule has 1 atom stereocenters. The van der Waals surface area contributed by atoms with Crippen molar-refractivity contribution < 1.29 is 28.2 Å². The van der Waals surface area contributed by atoms with Gasteiger partial charge in [-0.3, -0.25) is 4.90 Å². The van der Waals surface area contributed by atoms with Gasteiger partial charge in [-0.05, 0) is 48.9 Å². The third-order valence-electron chi connectivity index (χ3n) is 7.83. The minimum absolute atomic E-state index is 0.0444. The van der Waals surface area contributed by atoms with Crippen molar-refractivity contribution in [1.29, 1.82) is 5.26 Å². The number of hydrogen-bond donors (Lipinski definition) is 1. The van der Waals surface area contributed by atoms with Crippen molar-refractivity contribution in [2.45, 2.75) is 32.2 Å². The van der Waals surface area contributed by atoms with E-state index in [2.05, 4.69) is 9.47 Å². The minimum Gasteiger partial charge on any atom is -0.489 e. The molecule has 2 aliphatic rings. The Balaban J connectivity index is 1.12. The van der Waals surface area contributed by atoms with Crippen molar-refractivity contribution in [2.75, 3.05) is 37.7 Å². The zero-order chi connectivity index (χ0) is 29.2. The smallest absolute Gasteiger partial charge is 0.335 e. The molecule has 9 nitrogen and oxygen atoms in total. The highest BCUT2D eigenvalue weighted by atomic mass is 19.1. The lowest BCUT2D eigenvalue weighted by Crippen LogP contribution is -2.46. The van der Waals surface area contributed by atoms with Crippen LogP contribution in [0.4, 0.5) is 14.5 Å². The fraction of sp³-hybridized carbons (Fsp3) is 0.323. The van der Waals surface area contributed by atoms with Crippen LogP contribution in [0.15, 0.2) is 54.6 Å². The Kier molecular flexibility index (Phi) is 7.73. The molecule has 4 aromatic rings. The van der Waals surface area contributed by atoms with Gasteiger partial charge in [-0.1, -0.05) is 6.07 Å². The molecule has 6 rings (SSSR count). The number of nitriles is 1. The molecule has 1 N–H and O–H groups in total. The number of halogens is 2. The first-order valence-electron chi connectivity index (χ1n) is 13.8. The molecule has 42 heavy (non-hydrogen) atoms. The number of carboxylic acid groups (broad SMARTS) is 1. The lowest BCUT2D eigenvalue weighted by Gasteiger charge is -2.36. The van der Waals surface area contributed by atoms with Crippen molar-refractivity contribution in [1.82, 2.24) is 14.5 Å². The summed E-state index contributed by atoms with van der Waals surface area (Å²) in [6, 6.07) is 15.6. The van der Waals surface area contributed by atoms with E-state index in [1.807, 2.05) is 11.0 Å². The minimum atomic E-state index is -0.981. The van der Waals surface area contributed by atoms with Crippen LogP contribution in [-0.2, 0) is 24.4 Å². The van der Waals surface area contributed by atoms with E-state index in [0.29, 0.717) is 56.3 Å². The average molecular weight is 574 g/mol. The molecule has 0 unspecified atom stereocenters. The van der Waals surface area contributed by atoms with Crippen LogP contribution in [0.1, 0.15) is 33.7 Å². The number of rotatable bonds is 9. The van der Waals surface area contributed by atoms with Crippen molar-refractivity contribution in [3.05, 3.63) is 88.7 Å². The summed E-state index contributed by atoms with van der Waals surface area (Å²) in [5.74, 6) is -0.607. The number of nitrogens with zero attached hydrogens (tertiary/aromatic N) is 5. The molecule has 216 valence electrons. The Labute approximate surface area is 241 Å². The van der Waals surface area contributed by atoms with Gasteiger partial charge in [0.05, 0.1) is 53.1 Å². The van der Waals surface area contributed by atoms with Crippen LogP contribution in [0.2, 0.25) is 0 Å². The Morgan fingerprint density at radius 2 is 1.88 bits per heavy atom. The van der Waals surface area contributed by atoms with Crippen LogP contribution in [-0.4, -0.2) is 64.4 Å². The van der Waals surface area contributed by atoms with Gasteiger partial charge in [0.1, 0.15) is 29.8 Å². The highest BCUT2D eigenvalue weighted by molar-refractivity contribution is 5.92. The second-order valence-corrected chi connectivity index (χ2v) is 10.5. The van der Waals surface area contributed by atoms with Gasteiger partial charge < -0.3 is 24.0 Å². The number of ether oxygens (including phenoxy) is 2. The third-order valence-corrected chi connectivity index (χ3v) is 7.83. The van der Waals surface area contributed by atoms with E-state index in [9.17, 15) is 18.7 Å². The first-order valence-corrected chi connectivity index (χ1v) is 13.8. The molecule has 3 aromatic carbocycles. The number of aromatic carboxylic acids is 1. The Hall–Kier alpha value is -4.53. The SMILES string of the molecule is N#Cc1ccc(COc2ccc(F)c(N3CCN(Cc4nc5ccc(C(=O)O)cc5n4C[C@@H]4CCO4)CC3)c2)c(F)c1. The molecule has 0 spiro atoms. The molecule has 2 aliphatic heterocycles. The fourth-order valence-corrected chi connectivity index (χ4v) is 5.33. The summed E-state index contributed by atoms with van der Waals surface area (Å²) >= 11 is 0. The van der Waals surface area contributed by atoms with Crippen molar-refractivity contribution >= 4 is 22.7 Å². The lowest BCUT2D eigenvalue weighted by atomic mass is 10.1. The van der Waals surface area contributed by atoms with E-state index >= 15 is 0 Å². The monoisotopic (exact) mass is 573 g/mol. The van der Waals surface area contributed by atoms with Gasteiger partial charge in [0.15, 0.2) is 0 Å². The molecule has 0 bridgehead atoms. The zero-order valence-electron chi connectivity index (χ0n) is 22.8. The van der Waals surface area contributed by atoms with Gasteiger partial charge in [0.25, 0.3) is 0 Å². The highest BCUT2D eigenvalue weighted by Crippen LogP contribution is 2.28. The molecule has 1 aromatic heterocycles. The predicted octanol–water partition coefficient (Wildman–Crippen LogP) is 4.57. The zero-order valence-corrected chi connectivity index (χ0v) is 22.8. The molecule has 0 amide bonds. The van der Waals surface area contributed by atoms with Gasteiger partial charge in [-0.25, -0.2) is 18.6 Å². The number of benzene rings is 3. The summed E-state index contributed by atoms with van der Waals surface area (Å²) in [6.07, 6.45) is 1.03. The molecular formula is C31H29F2N5O4. The van der Waals surface area contributed by atoms with Crippen LogP contribution in [0, 0.1) is 23.0 Å². The maximum atomic E-state index is 14.9. The first-order chi connectivity index (χ1) is 20.4. The van der Waals surface area contributed by atoms with Crippen LogP contribution in [0.5, 0.6) is 5.75 Å². The molecule has 0 saturated carbocycles. The quantitative estimate of drug-likeness (QED) is 0.311. The van der Waals surface area contributed by atoms with Gasteiger partial charge in [0, 0.05) is 44.4 Å². The fourth-order valence-electron chi connectivity index (χ4n) is 5.33.